The molecular formula is C9H9F5N2O2. The predicted molar refractivity (Wildman–Crippen MR) is 49.7 cm³/mol. The molecule has 0 amide bonds. The maximum atomic E-state index is 12.7. The smallest absolute Gasteiger partial charge is 0.404 e. The highest BCUT2D eigenvalue weighted by atomic mass is 19.4. The van der Waals surface area contributed by atoms with Gasteiger partial charge in [-0.15, -0.1) is 13.2 Å². The number of hydrogen-bond donors (Lipinski definition) is 2. The zero-order valence-corrected chi connectivity index (χ0v) is 8.84. The van der Waals surface area contributed by atoms with E-state index in [1.807, 2.05) is 0 Å². The third-order valence-electron chi connectivity index (χ3n) is 2.07. The molecule has 3 N–H and O–H groups in total. The van der Waals surface area contributed by atoms with E-state index in [1.54, 1.807) is 0 Å². The lowest BCUT2D eigenvalue weighted by molar-refractivity contribution is -0.275. The number of nitrogens with two attached hydrogens (primary N) is 1. The molecule has 0 fully saturated rings. The molecule has 0 bridgehead atoms. The van der Waals surface area contributed by atoms with Crippen molar-refractivity contribution in [3.8, 4) is 5.75 Å². The van der Waals surface area contributed by atoms with E-state index in [1.165, 1.54) is 0 Å². The van der Waals surface area contributed by atoms with Crippen LogP contribution in [0.1, 0.15) is 23.2 Å². The molecule has 18 heavy (non-hydrogen) atoms. The normalized spacial score (nSPS) is 12.0. The Kier molecular flexibility index (Phi) is 4.41. The molecule has 0 unspecified atom stereocenters. The maximum Gasteiger partial charge on any atom is 0.573 e. The average molecular weight is 272 g/mol. The number of ether oxygens (including phenoxy) is 1. The fourth-order valence-corrected chi connectivity index (χ4v) is 1.39. The number of aliphatic hydroxyl groups is 1. The number of alkyl halides is 5. The molecule has 0 spiro atoms. The van der Waals surface area contributed by atoms with Crippen molar-refractivity contribution < 1.29 is 31.8 Å². The fourth-order valence-electron chi connectivity index (χ4n) is 1.39. The van der Waals surface area contributed by atoms with E-state index in [0.29, 0.717) is 6.20 Å². The Labute approximate surface area is 98.2 Å². The molecule has 9 heteroatoms. The van der Waals surface area contributed by atoms with E-state index in [0.717, 1.165) is 0 Å². The van der Waals surface area contributed by atoms with Crippen LogP contribution in [0.25, 0.3) is 0 Å². The van der Waals surface area contributed by atoms with Crippen molar-refractivity contribution in [3.63, 3.8) is 0 Å². The number of nitrogens with zero attached hydrogens (tertiary/aromatic N) is 1. The predicted octanol–water partition coefficient (Wildman–Crippen LogP) is 1.87. The van der Waals surface area contributed by atoms with Gasteiger partial charge < -0.3 is 15.6 Å². The second-order valence-electron chi connectivity index (χ2n) is 3.17. The van der Waals surface area contributed by atoms with Gasteiger partial charge in [-0.25, -0.2) is 8.78 Å². The largest absolute Gasteiger partial charge is 0.573 e. The fraction of sp³-hybridized carbons (Fsp3) is 0.444. The van der Waals surface area contributed by atoms with Crippen molar-refractivity contribution >= 4 is 0 Å². The third-order valence-corrected chi connectivity index (χ3v) is 2.07. The maximum absolute atomic E-state index is 12.7. The molecule has 4 nitrogen and oxygen atoms in total. The number of aromatic nitrogens is 1. The summed E-state index contributed by atoms with van der Waals surface area (Å²) >= 11 is 0. The molecule has 0 aliphatic heterocycles. The van der Waals surface area contributed by atoms with Crippen LogP contribution in [0.5, 0.6) is 5.75 Å². The summed E-state index contributed by atoms with van der Waals surface area (Å²) in [5.74, 6) is -1.14. The SMILES string of the molecule is NCc1ncc(OC(F)(F)F)c(C(F)F)c1CO. The van der Waals surface area contributed by atoms with Gasteiger partial charge in [-0.3, -0.25) is 4.98 Å². The van der Waals surface area contributed by atoms with Gasteiger partial charge in [0.2, 0.25) is 0 Å². The summed E-state index contributed by atoms with van der Waals surface area (Å²) in [4.78, 5) is 3.45. The first-order valence-electron chi connectivity index (χ1n) is 4.65. The molecule has 0 aliphatic rings. The molecule has 1 aromatic heterocycles. The zero-order chi connectivity index (χ0) is 13.9. The van der Waals surface area contributed by atoms with Crippen molar-refractivity contribution in [2.24, 2.45) is 5.73 Å². The minimum absolute atomic E-state index is 0.109. The van der Waals surface area contributed by atoms with Gasteiger partial charge in [0.1, 0.15) is 0 Å². The molecule has 0 saturated carbocycles. The highest BCUT2D eigenvalue weighted by molar-refractivity contribution is 5.41. The van der Waals surface area contributed by atoms with Gasteiger partial charge in [0.25, 0.3) is 6.43 Å². The quantitative estimate of drug-likeness (QED) is 0.821. The van der Waals surface area contributed by atoms with Crippen molar-refractivity contribution in [2.45, 2.75) is 25.9 Å². The van der Waals surface area contributed by atoms with Crippen LogP contribution in [0.3, 0.4) is 0 Å². The summed E-state index contributed by atoms with van der Waals surface area (Å²) in [5, 5.41) is 8.94. The molecule has 102 valence electrons. The van der Waals surface area contributed by atoms with Crippen LogP contribution in [0.4, 0.5) is 22.0 Å². The Morgan fingerprint density at radius 2 is 2.00 bits per heavy atom. The monoisotopic (exact) mass is 272 g/mol. The molecule has 0 aliphatic carbocycles. The molecule has 1 rings (SSSR count). The van der Waals surface area contributed by atoms with Gasteiger partial charge in [0.15, 0.2) is 5.75 Å². The van der Waals surface area contributed by atoms with Gasteiger partial charge in [0, 0.05) is 12.1 Å². The molecular weight excluding hydrogens is 263 g/mol. The first-order valence-corrected chi connectivity index (χ1v) is 4.65. The number of aliphatic hydroxyl groups excluding tert-OH is 1. The van der Waals surface area contributed by atoms with Crippen LogP contribution in [-0.2, 0) is 13.2 Å². The van der Waals surface area contributed by atoms with Gasteiger partial charge in [-0.05, 0) is 0 Å². The van der Waals surface area contributed by atoms with Crippen LogP contribution < -0.4 is 10.5 Å². The lowest BCUT2D eigenvalue weighted by atomic mass is 10.1. The Morgan fingerprint density at radius 3 is 2.39 bits per heavy atom. The lowest BCUT2D eigenvalue weighted by Gasteiger charge is -2.16. The molecule has 1 heterocycles. The Bertz CT molecular complexity index is 422. The first-order chi connectivity index (χ1) is 8.30. The van der Waals surface area contributed by atoms with Gasteiger partial charge >= 0.3 is 6.36 Å². The van der Waals surface area contributed by atoms with E-state index in [4.69, 9.17) is 10.8 Å². The molecule has 0 atom stereocenters. The minimum Gasteiger partial charge on any atom is -0.404 e. The molecule has 0 saturated heterocycles. The third kappa shape index (κ3) is 3.26. The highest BCUT2D eigenvalue weighted by Gasteiger charge is 2.34. The van der Waals surface area contributed by atoms with E-state index >= 15 is 0 Å². The van der Waals surface area contributed by atoms with Crippen molar-refractivity contribution in [1.82, 2.24) is 4.98 Å². The number of rotatable bonds is 4. The summed E-state index contributed by atoms with van der Waals surface area (Å²) in [6.45, 7) is -1.20. The Balaban J connectivity index is 3.35. The molecule has 1 aromatic rings. The second kappa shape index (κ2) is 5.44. The second-order valence-corrected chi connectivity index (χ2v) is 3.17. The number of pyridine rings is 1. The molecule has 0 aromatic carbocycles. The zero-order valence-electron chi connectivity index (χ0n) is 8.84. The first kappa shape index (κ1) is 14.6. The van der Waals surface area contributed by atoms with Crippen LogP contribution in [-0.4, -0.2) is 16.5 Å². The van der Waals surface area contributed by atoms with Crippen molar-refractivity contribution in [1.29, 1.82) is 0 Å². The summed E-state index contributed by atoms with van der Waals surface area (Å²) < 4.78 is 65.0. The molecule has 0 radical (unpaired) electrons. The van der Waals surface area contributed by atoms with Crippen molar-refractivity contribution in [2.75, 3.05) is 0 Å². The average Bonchev–Trinajstić information content (AvgIpc) is 2.25. The van der Waals surface area contributed by atoms with E-state index in [2.05, 4.69) is 9.72 Å². The van der Waals surface area contributed by atoms with Gasteiger partial charge in [-0.1, -0.05) is 0 Å². The van der Waals surface area contributed by atoms with E-state index in [9.17, 15) is 22.0 Å². The standard InChI is InChI=1S/C9H9F5N2O2/c10-8(11)7-4(3-17)5(1-15)16-2-6(7)18-9(12,13)14/h2,8,17H,1,3,15H2. The summed E-state index contributed by atoms with van der Waals surface area (Å²) in [7, 11) is 0. The van der Waals surface area contributed by atoms with Gasteiger partial charge in [-0.2, -0.15) is 0 Å². The highest BCUT2D eigenvalue weighted by Crippen LogP contribution is 2.36. The summed E-state index contributed by atoms with van der Waals surface area (Å²) in [6.07, 6.45) is -7.86. The van der Waals surface area contributed by atoms with Crippen LogP contribution in [0, 0.1) is 0 Å². The Morgan fingerprint density at radius 1 is 1.39 bits per heavy atom. The van der Waals surface area contributed by atoms with E-state index < -0.39 is 36.3 Å². The van der Waals surface area contributed by atoms with Crippen LogP contribution in [0.15, 0.2) is 6.20 Å². The summed E-state index contributed by atoms with van der Waals surface area (Å²) in [5.41, 5.74) is 3.58. The Hall–Kier alpha value is -1.48. The van der Waals surface area contributed by atoms with Crippen molar-refractivity contribution in [3.05, 3.63) is 23.0 Å². The number of hydrogen-bond acceptors (Lipinski definition) is 4. The van der Waals surface area contributed by atoms with E-state index in [-0.39, 0.29) is 12.2 Å². The van der Waals surface area contributed by atoms with Crippen LogP contribution in [0.2, 0.25) is 0 Å². The minimum atomic E-state index is -5.12. The topological polar surface area (TPSA) is 68.4 Å². The number of halogens is 5. The van der Waals surface area contributed by atoms with Crippen LogP contribution >= 0.6 is 0 Å². The summed E-state index contributed by atoms with van der Waals surface area (Å²) in [6, 6.07) is 0. The lowest BCUT2D eigenvalue weighted by Crippen LogP contribution is -2.20. The van der Waals surface area contributed by atoms with Gasteiger partial charge in [0.05, 0.1) is 24.1 Å².